The van der Waals surface area contributed by atoms with Gasteiger partial charge in [0.25, 0.3) is 0 Å². The maximum absolute atomic E-state index is 13.1. The summed E-state index contributed by atoms with van der Waals surface area (Å²) in [6.45, 7) is 6.15. The number of hydrogen-bond acceptors (Lipinski definition) is 5. The highest BCUT2D eigenvalue weighted by Gasteiger charge is 2.71. The van der Waals surface area contributed by atoms with Crippen LogP contribution in [0, 0.1) is 11.7 Å². The second kappa shape index (κ2) is 5.75. The number of aromatic nitrogens is 1. The van der Waals surface area contributed by atoms with Gasteiger partial charge < -0.3 is 10.1 Å². The molecule has 2 aliphatic heterocycles. The van der Waals surface area contributed by atoms with E-state index < -0.39 is 5.54 Å². The number of alkyl carbamates (subject to hydrolysis) is 1. The van der Waals surface area contributed by atoms with Crippen LogP contribution in [0.3, 0.4) is 0 Å². The molecule has 2 saturated heterocycles. The number of carbonyl (C=O) groups is 1. The highest BCUT2D eigenvalue weighted by atomic mass is 32.1. The number of thiazole rings is 1. The minimum atomic E-state index is -0.644. The van der Waals surface area contributed by atoms with Gasteiger partial charge in [-0.05, 0) is 51.1 Å². The van der Waals surface area contributed by atoms with E-state index in [1.807, 2.05) is 19.2 Å². The maximum atomic E-state index is 13.1. The van der Waals surface area contributed by atoms with Gasteiger partial charge >= 0.3 is 6.09 Å². The molecule has 142 valence electrons. The summed E-state index contributed by atoms with van der Waals surface area (Å²) in [5.74, 6) is 0.241. The van der Waals surface area contributed by atoms with Crippen molar-refractivity contribution in [3.05, 3.63) is 41.2 Å². The molecule has 5 rings (SSSR count). The summed E-state index contributed by atoms with van der Waals surface area (Å²) < 4.78 is 18.8. The summed E-state index contributed by atoms with van der Waals surface area (Å²) in [4.78, 5) is 19.6. The van der Waals surface area contributed by atoms with Gasteiger partial charge in [0.1, 0.15) is 16.9 Å². The molecule has 3 fully saturated rings. The monoisotopic (exact) mass is 387 g/mol. The molecule has 7 heteroatoms. The fourth-order valence-corrected chi connectivity index (χ4v) is 5.61. The Kier molecular flexibility index (Phi) is 3.65. The molecule has 3 heterocycles. The SMILES string of the molecule is CC(C)(NC(=O)OC1CC23CN2CCC13)c1csc(-c2ccc(F)cc2)n1. The quantitative estimate of drug-likeness (QED) is 0.812. The van der Waals surface area contributed by atoms with Crippen LogP contribution in [-0.2, 0) is 10.3 Å². The third kappa shape index (κ3) is 2.75. The van der Waals surface area contributed by atoms with Gasteiger partial charge in [-0.2, -0.15) is 0 Å². The predicted molar refractivity (Wildman–Crippen MR) is 101 cm³/mol. The summed E-state index contributed by atoms with van der Waals surface area (Å²) in [5, 5.41) is 5.69. The number of carbonyl (C=O) groups excluding carboxylic acids is 1. The van der Waals surface area contributed by atoms with Gasteiger partial charge in [-0.1, -0.05) is 0 Å². The predicted octanol–water partition coefficient (Wildman–Crippen LogP) is 3.76. The molecule has 2 aromatic rings. The molecule has 0 radical (unpaired) electrons. The molecule has 1 spiro atoms. The summed E-state index contributed by atoms with van der Waals surface area (Å²) in [6.07, 6.45) is 1.76. The second-order valence-corrected chi connectivity index (χ2v) is 9.22. The van der Waals surface area contributed by atoms with Gasteiger partial charge in [0.15, 0.2) is 0 Å². The van der Waals surface area contributed by atoms with Crippen molar-refractivity contribution in [1.29, 1.82) is 0 Å². The third-order valence-electron chi connectivity index (χ3n) is 6.30. The third-order valence-corrected chi connectivity index (χ3v) is 7.19. The molecular weight excluding hydrogens is 365 g/mol. The first kappa shape index (κ1) is 17.1. The summed E-state index contributed by atoms with van der Waals surface area (Å²) in [6, 6.07) is 6.27. The summed E-state index contributed by atoms with van der Waals surface area (Å²) in [7, 11) is 0. The standard InChI is InChI=1S/C20H22FN3O2S/c1-19(2,16-10-27-17(22-16)12-3-5-13(21)6-4-12)23-18(25)26-15-9-20-11-24(20)8-7-14(15)20/h3-6,10,14-15H,7-9,11H2,1-2H3,(H,23,25). The Morgan fingerprint density at radius 1 is 1.41 bits per heavy atom. The smallest absolute Gasteiger partial charge is 0.408 e. The Morgan fingerprint density at radius 3 is 2.89 bits per heavy atom. The van der Waals surface area contributed by atoms with Crippen LogP contribution in [0.1, 0.15) is 32.4 Å². The minimum Gasteiger partial charge on any atom is -0.446 e. The number of benzene rings is 1. The molecule has 1 saturated carbocycles. The molecule has 3 aliphatic rings. The second-order valence-electron chi connectivity index (χ2n) is 8.36. The zero-order valence-corrected chi connectivity index (χ0v) is 16.2. The van der Waals surface area contributed by atoms with Gasteiger partial charge in [-0.15, -0.1) is 11.3 Å². The fraction of sp³-hybridized carbons (Fsp3) is 0.500. The van der Waals surface area contributed by atoms with Crippen LogP contribution in [0.25, 0.3) is 10.6 Å². The van der Waals surface area contributed by atoms with Crippen LogP contribution < -0.4 is 5.32 Å². The van der Waals surface area contributed by atoms with Crippen LogP contribution in [0.15, 0.2) is 29.6 Å². The number of halogens is 1. The Balaban J connectivity index is 1.23. The summed E-state index contributed by atoms with van der Waals surface area (Å²) >= 11 is 1.48. The molecule has 4 unspecified atom stereocenters. The largest absolute Gasteiger partial charge is 0.446 e. The van der Waals surface area contributed by atoms with Crippen molar-refractivity contribution >= 4 is 17.4 Å². The Hall–Kier alpha value is -1.99. The number of ether oxygens (including phenoxy) is 1. The molecule has 27 heavy (non-hydrogen) atoms. The molecule has 1 amide bonds. The van der Waals surface area contributed by atoms with Crippen LogP contribution in [-0.4, -0.2) is 40.7 Å². The van der Waals surface area contributed by atoms with E-state index in [2.05, 4.69) is 15.2 Å². The normalized spacial score (nSPS) is 30.9. The van der Waals surface area contributed by atoms with Crippen molar-refractivity contribution in [2.45, 2.75) is 43.9 Å². The van der Waals surface area contributed by atoms with E-state index in [0.29, 0.717) is 11.5 Å². The lowest BCUT2D eigenvalue weighted by Gasteiger charge is -2.41. The molecule has 1 aromatic heterocycles. The maximum Gasteiger partial charge on any atom is 0.408 e. The number of rotatable bonds is 4. The first-order valence-corrected chi connectivity index (χ1v) is 10.2. The van der Waals surface area contributed by atoms with Gasteiger partial charge in [0.05, 0.1) is 11.2 Å². The average Bonchev–Trinajstić information content (AvgIpc) is 3.00. The number of amides is 1. The van der Waals surface area contributed by atoms with Crippen LogP contribution in [0.2, 0.25) is 0 Å². The van der Waals surface area contributed by atoms with Gasteiger partial charge in [0, 0.05) is 35.4 Å². The van der Waals surface area contributed by atoms with Crippen LogP contribution in [0.4, 0.5) is 9.18 Å². The van der Waals surface area contributed by atoms with Crippen LogP contribution in [0.5, 0.6) is 0 Å². The Bertz CT molecular complexity index is 895. The highest BCUT2D eigenvalue weighted by molar-refractivity contribution is 7.13. The van der Waals surface area contributed by atoms with E-state index in [1.165, 1.54) is 30.0 Å². The minimum absolute atomic E-state index is 0.0403. The number of nitrogens with zero attached hydrogens (tertiary/aromatic N) is 2. The number of hydrogen-bond donors (Lipinski definition) is 1. The molecule has 5 nitrogen and oxygen atoms in total. The summed E-state index contributed by atoms with van der Waals surface area (Å²) in [5.41, 5.74) is 1.36. The highest BCUT2D eigenvalue weighted by Crippen LogP contribution is 2.60. The Labute approximate surface area is 161 Å². The zero-order chi connectivity index (χ0) is 18.8. The van der Waals surface area contributed by atoms with Gasteiger partial charge in [-0.3, -0.25) is 4.90 Å². The molecule has 0 bridgehead atoms. The van der Waals surface area contributed by atoms with E-state index in [9.17, 15) is 9.18 Å². The van der Waals surface area contributed by atoms with E-state index in [1.54, 1.807) is 12.1 Å². The molecule has 4 atom stereocenters. The molecule has 1 N–H and O–H groups in total. The fourth-order valence-electron chi connectivity index (χ4n) is 4.62. The van der Waals surface area contributed by atoms with E-state index in [0.717, 1.165) is 35.7 Å². The van der Waals surface area contributed by atoms with E-state index >= 15 is 0 Å². The number of nitrogens with one attached hydrogen (secondary N) is 1. The van der Waals surface area contributed by atoms with Gasteiger partial charge in [0.2, 0.25) is 0 Å². The van der Waals surface area contributed by atoms with E-state index in [-0.39, 0.29) is 18.0 Å². The zero-order valence-electron chi connectivity index (χ0n) is 15.4. The first-order chi connectivity index (χ1) is 12.9. The topological polar surface area (TPSA) is 54.2 Å². The van der Waals surface area contributed by atoms with Crippen molar-refractivity contribution < 1.29 is 13.9 Å². The average molecular weight is 387 g/mol. The lowest BCUT2D eigenvalue weighted by molar-refractivity contribution is -0.0248. The number of piperidine rings is 1. The first-order valence-electron chi connectivity index (χ1n) is 9.33. The van der Waals surface area contributed by atoms with Crippen molar-refractivity contribution in [3.63, 3.8) is 0 Å². The van der Waals surface area contributed by atoms with Crippen LogP contribution >= 0.6 is 11.3 Å². The van der Waals surface area contributed by atoms with E-state index in [4.69, 9.17) is 4.74 Å². The molecule has 1 aliphatic carbocycles. The lowest BCUT2D eigenvalue weighted by Crippen LogP contribution is -2.52. The lowest BCUT2D eigenvalue weighted by atomic mass is 9.70. The van der Waals surface area contributed by atoms with Crippen molar-refractivity contribution in [2.24, 2.45) is 5.92 Å². The van der Waals surface area contributed by atoms with Crippen molar-refractivity contribution in [3.8, 4) is 10.6 Å². The molecular formula is C20H22FN3O2S. The van der Waals surface area contributed by atoms with Crippen molar-refractivity contribution in [2.75, 3.05) is 13.1 Å². The molecule has 1 aromatic carbocycles. The van der Waals surface area contributed by atoms with Gasteiger partial charge in [-0.25, -0.2) is 14.2 Å². The Morgan fingerprint density at radius 2 is 2.19 bits per heavy atom. The van der Waals surface area contributed by atoms with Crippen molar-refractivity contribution in [1.82, 2.24) is 15.2 Å².